The molecule has 0 N–H and O–H groups in total. The van der Waals surface area contributed by atoms with Crippen molar-refractivity contribution in [1.82, 2.24) is 0 Å². The van der Waals surface area contributed by atoms with E-state index in [4.69, 9.17) is 0 Å². The van der Waals surface area contributed by atoms with Crippen LogP contribution in [-0.4, -0.2) is 0 Å². The van der Waals surface area contributed by atoms with Crippen molar-refractivity contribution in [1.29, 1.82) is 0 Å². The first kappa shape index (κ1) is 5.23. The molecule has 0 atom stereocenters. The Hall–Kier alpha value is -0.910. The highest BCUT2D eigenvalue weighted by atomic mass is 13.9. The molecule has 0 aliphatic rings. The Morgan fingerprint density at radius 2 is 1.75 bits per heavy atom. The van der Waals surface area contributed by atoms with Gasteiger partial charge in [-0.2, -0.15) is 0 Å². The molecule has 0 heterocycles. The lowest BCUT2D eigenvalue weighted by Gasteiger charge is -1.85. The van der Waals surface area contributed by atoms with Crippen LogP contribution in [0.1, 0.15) is 5.56 Å². The maximum atomic E-state index is 3.76. The molecule has 0 aromatic heterocycles. The molecule has 1 rings (SSSR count). The summed E-state index contributed by atoms with van der Waals surface area (Å²) >= 11 is 0. The maximum absolute atomic E-state index is 3.76. The van der Waals surface area contributed by atoms with E-state index in [0.29, 0.717) is 0 Å². The van der Waals surface area contributed by atoms with Crippen molar-refractivity contribution in [3.05, 3.63) is 42.8 Å². The summed E-state index contributed by atoms with van der Waals surface area (Å²) in [6.45, 7) is 3.76. The van der Waals surface area contributed by atoms with Crippen LogP contribution in [0, 0.1) is 6.92 Å². The lowest BCUT2D eigenvalue weighted by Crippen LogP contribution is -1.74. The summed E-state index contributed by atoms with van der Waals surface area (Å²) in [6, 6.07) is 10.2. The second-order valence-electron chi connectivity index (χ2n) is 1.74. The van der Waals surface area contributed by atoms with Crippen molar-refractivity contribution in [2.75, 3.05) is 0 Å². The molecule has 0 bridgehead atoms. The average molecular weight is 105 g/mol. The zero-order valence-corrected chi connectivity index (χ0v) is 4.80. The summed E-state index contributed by atoms with van der Waals surface area (Å²) in [7, 11) is 0. The van der Waals surface area contributed by atoms with E-state index in [9.17, 15) is 0 Å². The summed E-state index contributed by atoms with van der Waals surface area (Å²) in [6.07, 6.45) is 0.890. The highest BCUT2D eigenvalue weighted by Crippen LogP contribution is 1.96. The molecule has 0 amide bonds. The van der Waals surface area contributed by atoms with E-state index < -0.39 is 0 Å². The quantitative estimate of drug-likeness (QED) is 0.479. The van der Waals surface area contributed by atoms with Crippen LogP contribution in [0.4, 0.5) is 0 Å². The third-order valence-electron chi connectivity index (χ3n) is 1.13. The smallest absolute Gasteiger partial charge is 0.0622 e. The molecule has 0 fully saturated rings. The van der Waals surface area contributed by atoms with Crippen LogP contribution in [0.2, 0.25) is 0 Å². The third-order valence-corrected chi connectivity index (χ3v) is 1.13. The molecule has 0 saturated heterocycles. The molecular weight excluding hydrogens is 96.1 g/mol. The first-order valence-electron chi connectivity index (χ1n) is 2.76. The van der Waals surface area contributed by atoms with Gasteiger partial charge in [0.1, 0.15) is 6.42 Å². The van der Waals surface area contributed by atoms with E-state index in [1.165, 1.54) is 5.56 Å². The van der Waals surface area contributed by atoms with Gasteiger partial charge in [-0.25, -0.2) is 0 Å². The number of rotatable bonds is 1. The van der Waals surface area contributed by atoms with Gasteiger partial charge in [0.15, 0.2) is 0 Å². The van der Waals surface area contributed by atoms with Crippen LogP contribution in [-0.2, 0) is 6.42 Å². The Bertz CT molecular complexity index is 141. The van der Waals surface area contributed by atoms with Gasteiger partial charge in [-0.3, -0.25) is 0 Å². The molecule has 1 aromatic rings. The second kappa shape index (κ2) is 2.41. The van der Waals surface area contributed by atoms with Crippen molar-refractivity contribution in [3.63, 3.8) is 0 Å². The Labute approximate surface area is 50.2 Å². The first-order valence-corrected chi connectivity index (χ1v) is 2.76. The van der Waals surface area contributed by atoms with Crippen molar-refractivity contribution in [2.24, 2.45) is 0 Å². The molecule has 0 aliphatic carbocycles. The number of benzene rings is 1. The Kier molecular flexibility index (Phi) is 1.58. The number of hydrogen-bond donors (Lipinski definition) is 0. The van der Waals surface area contributed by atoms with Crippen LogP contribution in [0.25, 0.3) is 0 Å². The third kappa shape index (κ3) is 1.03. The van der Waals surface area contributed by atoms with Crippen molar-refractivity contribution in [3.8, 4) is 0 Å². The van der Waals surface area contributed by atoms with E-state index in [2.05, 4.69) is 19.1 Å². The molecule has 0 unspecified atom stereocenters. The van der Waals surface area contributed by atoms with Gasteiger partial charge < -0.3 is 0 Å². The minimum absolute atomic E-state index is 0.890. The summed E-state index contributed by atoms with van der Waals surface area (Å²) < 4.78 is 0. The van der Waals surface area contributed by atoms with Crippen LogP contribution in [0.5, 0.6) is 0 Å². The summed E-state index contributed by atoms with van der Waals surface area (Å²) in [5, 5.41) is 0. The van der Waals surface area contributed by atoms with Gasteiger partial charge in [0, 0.05) is 0 Å². The fourth-order valence-corrected chi connectivity index (χ4v) is 0.645. The summed E-state index contributed by atoms with van der Waals surface area (Å²) in [5.74, 6) is 0. The fourth-order valence-electron chi connectivity index (χ4n) is 0.645. The molecular formula is C8H9+. The van der Waals surface area contributed by atoms with E-state index in [1.807, 2.05) is 18.2 Å². The van der Waals surface area contributed by atoms with E-state index in [-0.39, 0.29) is 0 Å². The normalized spacial score (nSPS) is 9.00. The predicted molar refractivity (Wildman–Crippen MR) is 35.5 cm³/mol. The number of hydrogen-bond acceptors (Lipinski definition) is 0. The fraction of sp³-hybridized carbons (Fsp3) is 0.125. The Morgan fingerprint density at radius 1 is 1.12 bits per heavy atom. The Morgan fingerprint density at radius 3 is 2.12 bits per heavy atom. The van der Waals surface area contributed by atoms with Crippen LogP contribution in [0.15, 0.2) is 30.3 Å². The predicted octanol–water partition coefficient (Wildman–Crippen LogP) is 2.06. The monoisotopic (exact) mass is 105 g/mol. The minimum atomic E-state index is 0.890. The lowest BCUT2D eigenvalue weighted by atomic mass is 10.2. The zero-order valence-electron chi connectivity index (χ0n) is 4.80. The van der Waals surface area contributed by atoms with Crippen molar-refractivity contribution in [2.45, 2.75) is 6.42 Å². The topological polar surface area (TPSA) is 0 Å². The van der Waals surface area contributed by atoms with Crippen LogP contribution >= 0.6 is 0 Å². The Balaban J connectivity index is 2.83. The molecule has 0 heteroatoms. The molecule has 8 heavy (non-hydrogen) atoms. The van der Waals surface area contributed by atoms with Gasteiger partial charge in [-0.15, -0.1) is 0 Å². The molecule has 40 valence electrons. The van der Waals surface area contributed by atoms with Gasteiger partial charge in [0.2, 0.25) is 0 Å². The van der Waals surface area contributed by atoms with Crippen LogP contribution in [0.3, 0.4) is 0 Å². The van der Waals surface area contributed by atoms with Crippen molar-refractivity contribution >= 4 is 0 Å². The SMILES string of the molecule is [CH2+]Cc1ccccc1. The van der Waals surface area contributed by atoms with Gasteiger partial charge in [0.05, 0.1) is 6.92 Å². The molecule has 0 nitrogen and oxygen atoms in total. The highest BCUT2D eigenvalue weighted by molar-refractivity contribution is 5.14. The molecule has 0 saturated carbocycles. The van der Waals surface area contributed by atoms with Gasteiger partial charge in [-0.05, 0) is 5.56 Å². The molecule has 1 aromatic carbocycles. The minimum Gasteiger partial charge on any atom is -0.0622 e. The zero-order chi connectivity index (χ0) is 5.82. The maximum Gasteiger partial charge on any atom is 0.110 e. The van der Waals surface area contributed by atoms with Gasteiger partial charge in [0.25, 0.3) is 0 Å². The first-order chi connectivity index (χ1) is 3.93. The van der Waals surface area contributed by atoms with E-state index in [0.717, 1.165) is 6.42 Å². The van der Waals surface area contributed by atoms with E-state index in [1.54, 1.807) is 0 Å². The average Bonchev–Trinajstić information content (AvgIpc) is 1.90. The van der Waals surface area contributed by atoms with E-state index >= 15 is 0 Å². The van der Waals surface area contributed by atoms with Gasteiger partial charge in [-0.1, -0.05) is 30.3 Å². The summed E-state index contributed by atoms with van der Waals surface area (Å²) in [5.41, 5.74) is 1.30. The highest BCUT2D eigenvalue weighted by Gasteiger charge is 1.85. The standard InChI is InChI=1S/C8H9/c1-2-8-6-4-3-5-7-8/h3-7H,1-2H2/q+1. The summed E-state index contributed by atoms with van der Waals surface area (Å²) in [4.78, 5) is 0. The molecule has 0 aliphatic heterocycles. The molecule has 0 spiro atoms. The lowest BCUT2D eigenvalue weighted by molar-refractivity contribution is 1.27. The van der Waals surface area contributed by atoms with Crippen molar-refractivity contribution < 1.29 is 0 Å². The second-order valence-corrected chi connectivity index (χ2v) is 1.74. The largest absolute Gasteiger partial charge is 0.110 e. The van der Waals surface area contributed by atoms with Gasteiger partial charge >= 0.3 is 0 Å². The molecule has 0 radical (unpaired) electrons. The van der Waals surface area contributed by atoms with Crippen LogP contribution < -0.4 is 0 Å².